The summed E-state index contributed by atoms with van der Waals surface area (Å²) in [6.45, 7) is 1.82. The number of nitrogens with one attached hydrogen (secondary N) is 1. The summed E-state index contributed by atoms with van der Waals surface area (Å²) in [5.41, 5.74) is 3.45. The van der Waals surface area contributed by atoms with Gasteiger partial charge in [-0.3, -0.25) is 24.5 Å². The van der Waals surface area contributed by atoms with Crippen molar-refractivity contribution in [3.8, 4) is 0 Å². The third kappa shape index (κ3) is 1.86. The minimum Gasteiger partial charge on any atom is -0.272 e. The van der Waals surface area contributed by atoms with Gasteiger partial charge < -0.3 is 0 Å². The molecule has 6 rings (SSSR count). The van der Waals surface area contributed by atoms with Crippen LogP contribution >= 0.6 is 15.9 Å². The molecule has 4 aliphatic carbocycles. The average molecular weight is 405 g/mol. The van der Waals surface area contributed by atoms with Crippen LogP contribution in [-0.4, -0.2) is 32.5 Å². The first kappa shape index (κ1) is 15.3. The Bertz CT molecular complexity index is 839. The topological polar surface area (TPSA) is 84.3 Å². The average Bonchev–Trinajstić information content (AvgIpc) is 3.34. The van der Waals surface area contributed by atoms with Crippen molar-refractivity contribution in [2.75, 3.05) is 0 Å². The number of rotatable bonds is 2. The number of amides is 3. The predicted molar refractivity (Wildman–Crippen MR) is 89.7 cm³/mol. The lowest BCUT2D eigenvalue weighted by atomic mass is 9.63. The molecular formula is C17H17BrN4O3. The third-order valence-corrected chi connectivity index (χ3v) is 7.30. The molecule has 0 spiro atoms. The Morgan fingerprint density at radius 2 is 1.76 bits per heavy atom. The van der Waals surface area contributed by atoms with E-state index in [-0.39, 0.29) is 41.2 Å². The van der Waals surface area contributed by atoms with Gasteiger partial charge in [0, 0.05) is 7.05 Å². The summed E-state index contributed by atoms with van der Waals surface area (Å²) in [5.74, 6) is -0.396. The van der Waals surface area contributed by atoms with Crippen molar-refractivity contribution in [3.63, 3.8) is 0 Å². The number of aryl methyl sites for hydroxylation is 1. The van der Waals surface area contributed by atoms with Gasteiger partial charge in [0.15, 0.2) is 5.69 Å². The standard InChI is InChI=1S/C17H17BrN4O3/c1-6-13(18)14(19-21(6)2)15(23)20-22-16(24)11-7-3-4-8(10-5-9(7)10)12(11)17(22)25/h3-4,7-12H,5H2,1-2H3,(H,20,23)/t7-,8+,9-,10-,11+,12-/m1/s1. The maximum Gasteiger partial charge on any atom is 0.291 e. The highest BCUT2D eigenvalue weighted by atomic mass is 79.9. The number of hydrogen-bond acceptors (Lipinski definition) is 4. The minimum atomic E-state index is -0.554. The number of halogens is 1. The quantitative estimate of drug-likeness (QED) is 0.592. The molecule has 7 nitrogen and oxygen atoms in total. The summed E-state index contributed by atoms with van der Waals surface area (Å²) in [6.07, 6.45) is 5.33. The highest BCUT2D eigenvalue weighted by molar-refractivity contribution is 9.10. The molecule has 6 atom stereocenters. The Hall–Kier alpha value is -1.96. The second kappa shape index (κ2) is 4.81. The van der Waals surface area contributed by atoms with E-state index < -0.39 is 5.91 Å². The zero-order valence-corrected chi connectivity index (χ0v) is 15.4. The van der Waals surface area contributed by atoms with E-state index in [1.165, 1.54) is 0 Å². The van der Waals surface area contributed by atoms with Crippen molar-refractivity contribution in [2.24, 2.45) is 42.6 Å². The van der Waals surface area contributed by atoms with Crippen LogP contribution in [0.5, 0.6) is 0 Å². The van der Waals surface area contributed by atoms with Gasteiger partial charge in [-0.25, -0.2) is 0 Å². The van der Waals surface area contributed by atoms with E-state index in [9.17, 15) is 14.4 Å². The number of nitrogens with zero attached hydrogens (tertiary/aromatic N) is 3. The summed E-state index contributed by atoms with van der Waals surface area (Å²) in [7, 11) is 1.73. The summed E-state index contributed by atoms with van der Waals surface area (Å²) in [5, 5.41) is 5.09. The van der Waals surface area contributed by atoms with Crippen LogP contribution < -0.4 is 5.43 Å². The fourth-order valence-electron chi connectivity index (χ4n) is 4.95. The van der Waals surface area contributed by atoms with Crippen molar-refractivity contribution in [1.82, 2.24) is 20.2 Å². The molecule has 1 N–H and O–H groups in total. The highest BCUT2D eigenvalue weighted by Crippen LogP contribution is 2.65. The van der Waals surface area contributed by atoms with E-state index in [1.54, 1.807) is 11.7 Å². The first-order valence-electron chi connectivity index (χ1n) is 8.46. The molecule has 1 aromatic heterocycles. The number of hydrogen-bond donors (Lipinski definition) is 1. The van der Waals surface area contributed by atoms with Gasteiger partial charge in [-0.1, -0.05) is 12.2 Å². The number of imide groups is 1. The van der Waals surface area contributed by atoms with Crippen LogP contribution in [0.2, 0.25) is 0 Å². The lowest BCUT2D eigenvalue weighted by Crippen LogP contribution is -2.47. The van der Waals surface area contributed by atoms with Crippen LogP contribution in [0.15, 0.2) is 16.6 Å². The monoisotopic (exact) mass is 404 g/mol. The lowest BCUT2D eigenvalue weighted by molar-refractivity contribution is -0.143. The van der Waals surface area contributed by atoms with Crippen LogP contribution in [-0.2, 0) is 16.6 Å². The number of hydrazine groups is 1. The Morgan fingerprint density at radius 1 is 1.20 bits per heavy atom. The summed E-state index contributed by atoms with van der Waals surface area (Å²) in [6, 6.07) is 0. The van der Waals surface area contributed by atoms with E-state index in [0.29, 0.717) is 16.3 Å². The number of carbonyl (C=O) groups is 3. The molecule has 2 heterocycles. The van der Waals surface area contributed by atoms with Gasteiger partial charge in [0.1, 0.15) is 0 Å². The molecule has 2 saturated carbocycles. The van der Waals surface area contributed by atoms with Crippen molar-refractivity contribution in [3.05, 3.63) is 28.0 Å². The van der Waals surface area contributed by atoms with Crippen LogP contribution in [0.25, 0.3) is 0 Å². The van der Waals surface area contributed by atoms with Crippen LogP contribution in [0.1, 0.15) is 22.6 Å². The molecule has 1 aliphatic heterocycles. The van der Waals surface area contributed by atoms with E-state index in [4.69, 9.17) is 0 Å². The third-order valence-electron chi connectivity index (χ3n) is 6.35. The van der Waals surface area contributed by atoms with E-state index in [0.717, 1.165) is 17.1 Å². The molecule has 130 valence electrons. The van der Waals surface area contributed by atoms with Gasteiger partial charge in [-0.2, -0.15) is 10.1 Å². The van der Waals surface area contributed by atoms with Crippen molar-refractivity contribution in [2.45, 2.75) is 13.3 Å². The van der Waals surface area contributed by atoms with Crippen molar-refractivity contribution >= 4 is 33.7 Å². The largest absolute Gasteiger partial charge is 0.291 e. The zero-order valence-electron chi connectivity index (χ0n) is 13.8. The van der Waals surface area contributed by atoms with Gasteiger partial charge >= 0.3 is 0 Å². The second-order valence-corrected chi connectivity index (χ2v) is 8.27. The van der Waals surface area contributed by atoms with Crippen LogP contribution in [0.3, 0.4) is 0 Å². The highest BCUT2D eigenvalue weighted by Gasteiger charge is 2.67. The molecule has 1 saturated heterocycles. The Balaban J connectivity index is 1.42. The van der Waals surface area contributed by atoms with E-state index in [1.807, 2.05) is 6.92 Å². The Morgan fingerprint density at radius 3 is 2.24 bits per heavy atom. The molecule has 0 radical (unpaired) electrons. The van der Waals surface area contributed by atoms with Crippen LogP contribution in [0, 0.1) is 42.4 Å². The van der Waals surface area contributed by atoms with E-state index >= 15 is 0 Å². The minimum absolute atomic E-state index is 0.141. The molecule has 3 amide bonds. The molecule has 25 heavy (non-hydrogen) atoms. The summed E-state index contributed by atoms with van der Waals surface area (Å²) >= 11 is 3.34. The molecule has 2 bridgehead atoms. The molecule has 0 aromatic carbocycles. The fraction of sp³-hybridized carbons (Fsp3) is 0.529. The first-order chi connectivity index (χ1) is 11.9. The summed E-state index contributed by atoms with van der Waals surface area (Å²) in [4.78, 5) is 38.3. The van der Waals surface area contributed by atoms with Gasteiger partial charge in [-0.15, -0.1) is 0 Å². The van der Waals surface area contributed by atoms with Gasteiger partial charge in [0.05, 0.1) is 22.0 Å². The fourth-order valence-corrected chi connectivity index (χ4v) is 5.47. The molecule has 5 aliphatic rings. The Labute approximate surface area is 152 Å². The molecular weight excluding hydrogens is 388 g/mol. The Kier molecular flexibility index (Phi) is 2.94. The SMILES string of the molecule is Cc1c(Br)c(C(=O)NN2C(=O)[C@@H]3[C@H]4C=C[C@H]([C@H]5C[C@H]45)[C@@H]3C2=O)nn1C. The number of carbonyl (C=O) groups excluding carboxylic acids is 3. The number of aromatic nitrogens is 2. The van der Waals surface area contributed by atoms with Gasteiger partial charge in [-0.05, 0) is 52.9 Å². The van der Waals surface area contributed by atoms with Crippen LogP contribution in [0.4, 0.5) is 0 Å². The molecule has 3 fully saturated rings. The van der Waals surface area contributed by atoms with Gasteiger partial charge in [0.2, 0.25) is 0 Å². The smallest absolute Gasteiger partial charge is 0.272 e. The number of allylic oxidation sites excluding steroid dienone is 2. The predicted octanol–water partition coefficient (Wildman–Crippen LogP) is 1.19. The van der Waals surface area contributed by atoms with Gasteiger partial charge in [0.25, 0.3) is 17.7 Å². The second-order valence-electron chi connectivity index (χ2n) is 7.48. The van der Waals surface area contributed by atoms with Crippen molar-refractivity contribution in [1.29, 1.82) is 0 Å². The lowest BCUT2D eigenvalue weighted by Gasteiger charge is -2.37. The zero-order chi connectivity index (χ0) is 17.6. The maximum absolute atomic E-state index is 12.8. The molecule has 8 heteroatoms. The summed E-state index contributed by atoms with van der Waals surface area (Å²) < 4.78 is 2.14. The molecule has 1 aromatic rings. The van der Waals surface area contributed by atoms with Crippen molar-refractivity contribution < 1.29 is 14.4 Å². The first-order valence-corrected chi connectivity index (χ1v) is 9.25. The maximum atomic E-state index is 12.8. The molecule has 0 unspecified atom stereocenters. The van der Waals surface area contributed by atoms with E-state index in [2.05, 4.69) is 38.6 Å². The normalized spacial score (nSPS) is 37.3.